The van der Waals surface area contributed by atoms with E-state index in [0.29, 0.717) is 18.2 Å². The fourth-order valence-corrected chi connectivity index (χ4v) is 3.34. The van der Waals surface area contributed by atoms with Gasteiger partial charge in [-0.1, -0.05) is 20.8 Å². The van der Waals surface area contributed by atoms with Gasteiger partial charge in [-0.25, -0.2) is 0 Å². The molecule has 0 aromatic carbocycles. The average Bonchev–Trinajstić information content (AvgIpc) is 3.02. The standard InChI is InChI=1S/C15H22N2O3S/c1-10-11(5-6-20-10)7-16-13(18)12-8-21-9-17(12)14(19)15(2,3)4/h5-6,12H,7-9H2,1-4H3,(H,16,18)/t12-/m0/s1. The van der Waals surface area contributed by atoms with Crippen molar-refractivity contribution in [2.24, 2.45) is 5.41 Å². The summed E-state index contributed by atoms with van der Waals surface area (Å²) in [4.78, 5) is 26.4. The maximum absolute atomic E-state index is 12.4. The fraction of sp³-hybridized carbons (Fsp3) is 0.600. The van der Waals surface area contributed by atoms with Crippen LogP contribution in [0.4, 0.5) is 0 Å². The predicted octanol–water partition coefficient (Wildman–Crippen LogP) is 2.15. The molecule has 2 amide bonds. The van der Waals surface area contributed by atoms with Gasteiger partial charge >= 0.3 is 0 Å². The van der Waals surface area contributed by atoms with Crippen molar-refractivity contribution in [2.75, 3.05) is 11.6 Å². The molecule has 6 heteroatoms. The highest BCUT2D eigenvalue weighted by Crippen LogP contribution is 2.27. The molecule has 1 saturated heterocycles. The molecule has 0 unspecified atom stereocenters. The maximum Gasteiger partial charge on any atom is 0.243 e. The summed E-state index contributed by atoms with van der Waals surface area (Å²) >= 11 is 1.62. The first kappa shape index (κ1) is 15.9. The highest BCUT2D eigenvalue weighted by Gasteiger charge is 2.38. The van der Waals surface area contributed by atoms with E-state index >= 15 is 0 Å². The van der Waals surface area contributed by atoms with Crippen LogP contribution in [0.1, 0.15) is 32.1 Å². The number of nitrogens with zero attached hydrogens (tertiary/aromatic N) is 1. The van der Waals surface area contributed by atoms with Gasteiger partial charge in [0.05, 0.1) is 12.1 Å². The van der Waals surface area contributed by atoms with Gasteiger partial charge in [0, 0.05) is 23.3 Å². The summed E-state index contributed by atoms with van der Waals surface area (Å²) in [5, 5.41) is 2.90. The van der Waals surface area contributed by atoms with Crippen molar-refractivity contribution in [2.45, 2.75) is 40.3 Å². The second kappa shape index (κ2) is 6.13. The van der Waals surface area contributed by atoms with Gasteiger partial charge < -0.3 is 14.6 Å². The summed E-state index contributed by atoms with van der Waals surface area (Å²) in [7, 11) is 0. The normalized spacial score (nSPS) is 18.9. The van der Waals surface area contributed by atoms with Gasteiger partial charge in [0.15, 0.2) is 0 Å². The van der Waals surface area contributed by atoms with Crippen LogP contribution in [-0.4, -0.2) is 34.4 Å². The van der Waals surface area contributed by atoms with Gasteiger partial charge in [-0.3, -0.25) is 9.59 Å². The first-order chi connectivity index (χ1) is 9.80. The Hall–Kier alpha value is -1.43. The summed E-state index contributed by atoms with van der Waals surface area (Å²) in [6.45, 7) is 7.93. The van der Waals surface area contributed by atoms with Crippen molar-refractivity contribution in [1.82, 2.24) is 10.2 Å². The zero-order valence-electron chi connectivity index (χ0n) is 12.9. The largest absolute Gasteiger partial charge is 0.469 e. The lowest BCUT2D eigenvalue weighted by Crippen LogP contribution is -2.50. The lowest BCUT2D eigenvalue weighted by atomic mass is 9.94. The van der Waals surface area contributed by atoms with E-state index in [4.69, 9.17) is 4.42 Å². The number of aryl methyl sites for hydroxylation is 1. The molecule has 0 aliphatic carbocycles. The van der Waals surface area contributed by atoms with Gasteiger partial charge in [-0.05, 0) is 13.0 Å². The van der Waals surface area contributed by atoms with Crippen LogP contribution in [0, 0.1) is 12.3 Å². The molecular formula is C15H22N2O3S. The third kappa shape index (κ3) is 3.61. The topological polar surface area (TPSA) is 62.6 Å². The lowest BCUT2D eigenvalue weighted by Gasteiger charge is -2.29. The van der Waals surface area contributed by atoms with Crippen molar-refractivity contribution >= 4 is 23.6 Å². The summed E-state index contributed by atoms with van der Waals surface area (Å²) < 4.78 is 5.21. The van der Waals surface area contributed by atoms with E-state index < -0.39 is 5.41 Å². The highest BCUT2D eigenvalue weighted by atomic mass is 32.2. The van der Waals surface area contributed by atoms with Crippen molar-refractivity contribution in [3.05, 3.63) is 23.7 Å². The van der Waals surface area contributed by atoms with E-state index in [0.717, 1.165) is 11.3 Å². The first-order valence-electron chi connectivity index (χ1n) is 7.00. The summed E-state index contributed by atoms with van der Waals surface area (Å²) in [6.07, 6.45) is 1.61. The number of carbonyl (C=O) groups excluding carboxylic acids is 2. The average molecular weight is 310 g/mol. The minimum Gasteiger partial charge on any atom is -0.469 e. The minimum atomic E-state index is -0.468. The third-order valence-electron chi connectivity index (χ3n) is 3.51. The van der Waals surface area contributed by atoms with Crippen LogP contribution in [0.15, 0.2) is 16.7 Å². The smallest absolute Gasteiger partial charge is 0.243 e. The molecule has 0 bridgehead atoms. The van der Waals surface area contributed by atoms with Crippen LogP contribution in [0.3, 0.4) is 0 Å². The third-order valence-corrected chi connectivity index (χ3v) is 4.52. The van der Waals surface area contributed by atoms with E-state index in [2.05, 4.69) is 5.32 Å². The molecule has 2 rings (SSSR count). The Bertz CT molecular complexity index is 533. The number of nitrogens with one attached hydrogen (secondary N) is 1. The summed E-state index contributed by atoms with van der Waals surface area (Å²) in [5.74, 6) is 1.96. The molecule has 1 atom stereocenters. The molecule has 1 aliphatic heterocycles. The molecule has 2 heterocycles. The van der Waals surface area contributed by atoms with Gasteiger partial charge in [0.1, 0.15) is 11.8 Å². The van der Waals surface area contributed by atoms with Crippen molar-refractivity contribution in [3.8, 4) is 0 Å². The van der Waals surface area contributed by atoms with Crippen molar-refractivity contribution < 1.29 is 14.0 Å². The fourth-order valence-electron chi connectivity index (χ4n) is 2.19. The van der Waals surface area contributed by atoms with E-state index in [9.17, 15) is 9.59 Å². The van der Waals surface area contributed by atoms with Crippen LogP contribution in [0.5, 0.6) is 0 Å². The zero-order chi connectivity index (χ0) is 15.6. The molecule has 116 valence electrons. The Kier molecular flexibility index (Phi) is 4.66. The molecule has 21 heavy (non-hydrogen) atoms. The first-order valence-corrected chi connectivity index (χ1v) is 8.15. The van der Waals surface area contributed by atoms with E-state index in [1.807, 2.05) is 33.8 Å². The SMILES string of the molecule is Cc1occc1CNC(=O)[C@@H]1CSCN1C(=O)C(C)(C)C. The maximum atomic E-state index is 12.4. The van der Waals surface area contributed by atoms with Crippen molar-refractivity contribution in [1.29, 1.82) is 0 Å². The number of hydrogen-bond acceptors (Lipinski definition) is 4. The number of amides is 2. The second-order valence-electron chi connectivity index (χ2n) is 6.26. The van der Waals surface area contributed by atoms with E-state index in [1.54, 1.807) is 22.9 Å². The molecule has 1 N–H and O–H groups in total. The molecule has 5 nitrogen and oxygen atoms in total. The molecular weight excluding hydrogens is 288 g/mol. The Balaban J connectivity index is 1.98. The Morgan fingerprint density at radius 1 is 1.48 bits per heavy atom. The van der Waals surface area contributed by atoms with Crippen LogP contribution < -0.4 is 5.32 Å². The molecule has 1 aromatic rings. The summed E-state index contributed by atoms with van der Waals surface area (Å²) in [5.41, 5.74) is 0.493. The zero-order valence-corrected chi connectivity index (χ0v) is 13.8. The van der Waals surface area contributed by atoms with Crippen LogP contribution in [-0.2, 0) is 16.1 Å². The number of carbonyl (C=O) groups is 2. The van der Waals surface area contributed by atoms with Crippen molar-refractivity contribution in [3.63, 3.8) is 0 Å². The van der Waals surface area contributed by atoms with Gasteiger partial charge in [0.25, 0.3) is 0 Å². The van der Waals surface area contributed by atoms with E-state index in [-0.39, 0.29) is 17.9 Å². The Labute approximate surface area is 129 Å². The monoisotopic (exact) mass is 310 g/mol. The number of hydrogen-bond donors (Lipinski definition) is 1. The molecule has 1 aromatic heterocycles. The summed E-state index contributed by atoms with van der Waals surface area (Å²) in [6, 6.07) is 1.46. The van der Waals surface area contributed by atoms with Gasteiger partial charge in [-0.2, -0.15) is 0 Å². The Morgan fingerprint density at radius 3 is 2.76 bits per heavy atom. The molecule has 0 radical (unpaired) electrons. The molecule has 0 saturated carbocycles. The molecule has 1 aliphatic rings. The predicted molar refractivity (Wildman–Crippen MR) is 82.7 cm³/mol. The van der Waals surface area contributed by atoms with Crippen LogP contribution >= 0.6 is 11.8 Å². The van der Waals surface area contributed by atoms with Crippen LogP contribution in [0.2, 0.25) is 0 Å². The minimum absolute atomic E-state index is 0.0205. The van der Waals surface area contributed by atoms with E-state index in [1.165, 1.54) is 0 Å². The number of furan rings is 1. The highest BCUT2D eigenvalue weighted by molar-refractivity contribution is 7.99. The lowest BCUT2D eigenvalue weighted by molar-refractivity contribution is -0.144. The Morgan fingerprint density at radius 2 is 2.19 bits per heavy atom. The molecule has 0 spiro atoms. The second-order valence-corrected chi connectivity index (χ2v) is 7.26. The molecule has 1 fully saturated rings. The van der Waals surface area contributed by atoms with Crippen LogP contribution in [0.25, 0.3) is 0 Å². The van der Waals surface area contributed by atoms with Gasteiger partial charge in [-0.15, -0.1) is 11.8 Å². The quantitative estimate of drug-likeness (QED) is 0.929. The van der Waals surface area contributed by atoms with Gasteiger partial charge in [0.2, 0.25) is 11.8 Å². The number of rotatable bonds is 3. The number of thioether (sulfide) groups is 1.